The van der Waals surface area contributed by atoms with Gasteiger partial charge in [-0.25, -0.2) is 0 Å². The highest BCUT2D eigenvalue weighted by Gasteiger charge is 2.36. The zero-order valence-electron chi connectivity index (χ0n) is 13.4. The number of carbonyl (C=O) groups excluding carboxylic acids is 3. The van der Waals surface area contributed by atoms with Crippen molar-refractivity contribution in [2.75, 3.05) is 11.9 Å². The van der Waals surface area contributed by atoms with Crippen molar-refractivity contribution < 1.29 is 14.4 Å². The Hall–Kier alpha value is -1.61. The Bertz CT molecular complexity index is 942. The van der Waals surface area contributed by atoms with Crippen molar-refractivity contribution in [2.45, 2.75) is 6.92 Å². The van der Waals surface area contributed by atoms with E-state index in [1.54, 1.807) is 24.3 Å². The highest BCUT2D eigenvalue weighted by molar-refractivity contribution is 9.10. The van der Waals surface area contributed by atoms with Crippen LogP contribution in [0.15, 0.2) is 39.0 Å². The first-order chi connectivity index (χ1) is 12.3. The number of hydrogen-bond donors (Lipinski definition) is 1. The third-order valence-electron chi connectivity index (χ3n) is 3.54. The molecule has 1 aromatic heterocycles. The van der Waals surface area contributed by atoms with Crippen LogP contribution < -0.4 is 5.32 Å². The molecule has 0 unspecified atom stereocenters. The molecule has 3 rings (SSSR count). The van der Waals surface area contributed by atoms with Crippen LogP contribution in [0.5, 0.6) is 0 Å². The first-order valence-electron chi connectivity index (χ1n) is 7.39. The molecule has 1 saturated heterocycles. The number of imide groups is 1. The van der Waals surface area contributed by atoms with Gasteiger partial charge in [0.25, 0.3) is 11.1 Å². The van der Waals surface area contributed by atoms with E-state index in [4.69, 9.17) is 11.6 Å². The van der Waals surface area contributed by atoms with E-state index in [0.717, 1.165) is 27.1 Å². The summed E-state index contributed by atoms with van der Waals surface area (Å²) in [4.78, 5) is 38.9. The average molecular weight is 472 g/mol. The van der Waals surface area contributed by atoms with Crippen LogP contribution >= 0.6 is 50.6 Å². The largest absolute Gasteiger partial charge is 0.324 e. The maximum atomic E-state index is 12.5. The van der Waals surface area contributed by atoms with Gasteiger partial charge in [-0.05, 0) is 75.9 Å². The lowest BCUT2D eigenvalue weighted by molar-refractivity contribution is -0.127. The van der Waals surface area contributed by atoms with E-state index in [0.29, 0.717) is 20.1 Å². The summed E-state index contributed by atoms with van der Waals surface area (Å²) in [6, 6.07) is 6.89. The number of carbonyl (C=O) groups is 3. The minimum Gasteiger partial charge on any atom is -0.324 e. The van der Waals surface area contributed by atoms with Crippen molar-refractivity contribution in [2.24, 2.45) is 0 Å². The number of anilines is 1. The normalized spacial score (nSPS) is 15.8. The SMILES string of the molecule is Cc1ccsc1/C=C1/SC(=O)N(CC(=O)Nc2ccc(Br)c(Cl)c2)C1=O. The zero-order valence-corrected chi connectivity index (χ0v) is 17.4. The maximum absolute atomic E-state index is 12.5. The number of hydrogen-bond acceptors (Lipinski definition) is 5. The average Bonchev–Trinajstić information content (AvgIpc) is 3.10. The Balaban J connectivity index is 1.69. The minimum atomic E-state index is -0.473. The van der Waals surface area contributed by atoms with Gasteiger partial charge in [0.1, 0.15) is 6.54 Å². The quantitative estimate of drug-likeness (QED) is 0.627. The molecule has 1 aliphatic rings. The Labute approximate surface area is 171 Å². The summed E-state index contributed by atoms with van der Waals surface area (Å²) in [5.74, 6) is -0.934. The van der Waals surface area contributed by atoms with Gasteiger partial charge in [0.05, 0.1) is 9.93 Å². The minimum absolute atomic E-state index is 0.319. The summed E-state index contributed by atoms with van der Waals surface area (Å²) in [5.41, 5.74) is 1.52. The van der Waals surface area contributed by atoms with Crippen molar-refractivity contribution in [3.63, 3.8) is 0 Å². The number of nitrogens with one attached hydrogen (secondary N) is 1. The number of nitrogens with zero attached hydrogens (tertiary/aromatic N) is 1. The highest BCUT2D eigenvalue weighted by Crippen LogP contribution is 2.33. The molecule has 0 aliphatic carbocycles. The summed E-state index contributed by atoms with van der Waals surface area (Å²) < 4.78 is 0.706. The Morgan fingerprint density at radius 2 is 2.12 bits per heavy atom. The van der Waals surface area contributed by atoms with E-state index in [-0.39, 0.29) is 6.54 Å². The van der Waals surface area contributed by atoms with E-state index in [1.165, 1.54) is 11.3 Å². The van der Waals surface area contributed by atoms with Crippen LogP contribution in [-0.2, 0) is 9.59 Å². The molecule has 1 aliphatic heterocycles. The third-order valence-corrected chi connectivity index (χ3v) is 6.65. The maximum Gasteiger partial charge on any atom is 0.294 e. The van der Waals surface area contributed by atoms with E-state index < -0.39 is 17.1 Å². The molecule has 1 fully saturated rings. The molecule has 2 heterocycles. The fraction of sp³-hybridized carbons (Fsp3) is 0.118. The van der Waals surface area contributed by atoms with Gasteiger partial charge in [0, 0.05) is 15.0 Å². The van der Waals surface area contributed by atoms with Crippen molar-refractivity contribution in [3.8, 4) is 0 Å². The van der Waals surface area contributed by atoms with Crippen LogP contribution in [0.25, 0.3) is 6.08 Å². The number of amides is 3. The highest BCUT2D eigenvalue weighted by atomic mass is 79.9. The Morgan fingerprint density at radius 1 is 1.35 bits per heavy atom. The van der Waals surface area contributed by atoms with Crippen LogP contribution in [0, 0.1) is 6.92 Å². The molecule has 1 N–H and O–H groups in total. The number of benzene rings is 1. The summed E-state index contributed by atoms with van der Waals surface area (Å²) in [7, 11) is 0. The molecule has 9 heteroatoms. The molecule has 0 spiro atoms. The topological polar surface area (TPSA) is 66.5 Å². The lowest BCUT2D eigenvalue weighted by atomic mass is 10.2. The molecular formula is C17H12BrClN2O3S2. The molecule has 26 heavy (non-hydrogen) atoms. The van der Waals surface area contributed by atoms with Gasteiger partial charge in [-0.2, -0.15) is 0 Å². The number of rotatable bonds is 4. The summed E-state index contributed by atoms with van der Waals surface area (Å²) in [5, 5.41) is 4.54. The second-order valence-corrected chi connectivity index (χ2v) is 8.62. The summed E-state index contributed by atoms with van der Waals surface area (Å²) in [6.45, 7) is 1.59. The first-order valence-corrected chi connectivity index (χ1v) is 10.3. The predicted octanol–water partition coefficient (Wildman–Crippen LogP) is 5.15. The molecule has 3 amide bonds. The van der Waals surface area contributed by atoms with Gasteiger partial charge in [-0.1, -0.05) is 11.6 Å². The Kier molecular flexibility index (Phi) is 5.86. The van der Waals surface area contributed by atoms with E-state index in [1.807, 2.05) is 18.4 Å². The lowest BCUT2D eigenvalue weighted by Gasteiger charge is -2.12. The molecule has 134 valence electrons. The van der Waals surface area contributed by atoms with Crippen LogP contribution in [-0.4, -0.2) is 28.5 Å². The summed E-state index contributed by atoms with van der Waals surface area (Å²) >= 11 is 11.6. The standard InChI is InChI=1S/C17H12BrClN2O3S2/c1-9-4-5-25-13(9)7-14-16(23)21(17(24)26-14)8-15(22)20-10-2-3-11(18)12(19)6-10/h2-7H,8H2,1H3,(H,20,22)/b14-7+. The molecule has 0 saturated carbocycles. The zero-order chi connectivity index (χ0) is 18.8. The second kappa shape index (κ2) is 7.96. The molecule has 0 bridgehead atoms. The molecule has 0 radical (unpaired) electrons. The number of thiophene rings is 1. The fourth-order valence-corrected chi connectivity index (χ4v) is 4.39. The van der Waals surface area contributed by atoms with Gasteiger partial charge in [0.15, 0.2) is 0 Å². The van der Waals surface area contributed by atoms with Gasteiger partial charge < -0.3 is 5.32 Å². The Morgan fingerprint density at radius 3 is 2.77 bits per heavy atom. The second-order valence-electron chi connectivity index (χ2n) is 5.41. The first kappa shape index (κ1) is 19.2. The van der Waals surface area contributed by atoms with Crippen molar-refractivity contribution in [1.29, 1.82) is 0 Å². The van der Waals surface area contributed by atoms with E-state index in [9.17, 15) is 14.4 Å². The molecule has 2 aromatic rings. The van der Waals surface area contributed by atoms with Gasteiger partial charge in [0.2, 0.25) is 5.91 Å². The van der Waals surface area contributed by atoms with Crippen LogP contribution in [0.3, 0.4) is 0 Å². The third kappa shape index (κ3) is 4.20. The van der Waals surface area contributed by atoms with Crippen LogP contribution in [0.1, 0.15) is 10.4 Å². The van der Waals surface area contributed by atoms with E-state index >= 15 is 0 Å². The van der Waals surface area contributed by atoms with Crippen LogP contribution in [0.4, 0.5) is 10.5 Å². The van der Waals surface area contributed by atoms with Crippen molar-refractivity contribution in [3.05, 3.63) is 54.5 Å². The van der Waals surface area contributed by atoms with Crippen molar-refractivity contribution in [1.82, 2.24) is 4.90 Å². The van der Waals surface area contributed by atoms with Gasteiger partial charge in [-0.3, -0.25) is 19.3 Å². The molecule has 5 nitrogen and oxygen atoms in total. The molecular weight excluding hydrogens is 460 g/mol. The monoisotopic (exact) mass is 470 g/mol. The molecule has 1 aromatic carbocycles. The van der Waals surface area contributed by atoms with Crippen LogP contribution in [0.2, 0.25) is 5.02 Å². The van der Waals surface area contributed by atoms with Gasteiger partial charge in [-0.15, -0.1) is 11.3 Å². The number of aryl methyl sites for hydroxylation is 1. The molecule has 0 atom stereocenters. The number of halogens is 2. The number of thioether (sulfide) groups is 1. The van der Waals surface area contributed by atoms with Gasteiger partial charge >= 0.3 is 0 Å². The summed E-state index contributed by atoms with van der Waals surface area (Å²) in [6.07, 6.45) is 1.69. The van der Waals surface area contributed by atoms with Crippen molar-refractivity contribution >= 4 is 79.4 Å². The smallest absolute Gasteiger partial charge is 0.294 e. The lowest BCUT2D eigenvalue weighted by Crippen LogP contribution is -2.36. The fourth-order valence-electron chi connectivity index (χ4n) is 2.21. The predicted molar refractivity (Wildman–Crippen MR) is 110 cm³/mol. The van der Waals surface area contributed by atoms with E-state index in [2.05, 4.69) is 21.2 Å².